The lowest BCUT2D eigenvalue weighted by atomic mass is 10.1. The Bertz CT molecular complexity index is 422. The Morgan fingerprint density at radius 3 is 2.75 bits per heavy atom. The molecular formula is C15H24N2O3. The van der Waals surface area contributed by atoms with Crippen molar-refractivity contribution in [2.24, 2.45) is 5.73 Å². The molecule has 0 unspecified atom stereocenters. The van der Waals surface area contributed by atoms with Crippen molar-refractivity contribution in [2.45, 2.75) is 26.9 Å². The zero-order valence-electron chi connectivity index (χ0n) is 12.3. The summed E-state index contributed by atoms with van der Waals surface area (Å²) in [4.78, 5) is 11.6. The largest absolute Gasteiger partial charge is 0.379 e. The topological polar surface area (TPSA) is 73.6 Å². The van der Waals surface area contributed by atoms with Crippen LogP contribution in [-0.4, -0.2) is 32.3 Å². The van der Waals surface area contributed by atoms with E-state index in [0.717, 1.165) is 16.8 Å². The molecule has 1 aromatic carbocycles. The van der Waals surface area contributed by atoms with Crippen LogP contribution in [0.5, 0.6) is 0 Å². The van der Waals surface area contributed by atoms with E-state index in [-0.39, 0.29) is 5.91 Å². The van der Waals surface area contributed by atoms with E-state index in [0.29, 0.717) is 39.4 Å². The molecule has 0 aliphatic carbocycles. The Balaban J connectivity index is 2.53. The van der Waals surface area contributed by atoms with Gasteiger partial charge in [-0.1, -0.05) is 12.1 Å². The highest BCUT2D eigenvalue weighted by Gasteiger charge is 2.07. The van der Waals surface area contributed by atoms with Gasteiger partial charge in [0.1, 0.15) is 0 Å². The quantitative estimate of drug-likeness (QED) is 0.677. The number of nitrogens with one attached hydrogen (secondary N) is 1. The van der Waals surface area contributed by atoms with Crippen molar-refractivity contribution < 1.29 is 14.3 Å². The first-order chi connectivity index (χ1) is 9.69. The van der Waals surface area contributed by atoms with Crippen LogP contribution in [-0.2, 0) is 20.9 Å². The maximum Gasteiger partial charge on any atom is 0.225 e. The van der Waals surface area contributed by atoms with Crippen LogP contribution in [0.25, 0.3) is 0 Å². The first-order valence-electron chi connectivity index (χ1n) is 6.93. The van der Waals surface area contributed by atoms with Crippen LogP contribution in [0.1, 0.15) is 24.5 Å². The molecule has 1 aromatic rings. The molecular weight excluding hydrogens is 256 g/mol. The molecule has 20 heavy (non-hydrogen) atoms. The Morgan fingerprint density at radius 1 is 1.30 bits per heavy atom. The van der Waals surface area contributed by atoms with E-state index < -0.39 is 0 Å². The fourth-order valence-electron chi connectivity index (χ4n) is 1.76. The molecule has 0 saturated carbocycles. The van der Waals surface area contributed by atoms with Gasteiger partial charge in [-0.15, -0.1) is 0 Å². The second kappa shape index (κ2) is 9.47. The summed E-state index contributed by atoms with van der Waals surface area (Å²) >= 11 is 0. The first-order valence-corrected chi connectivity index (χ1v) is 6.93. The molecule has 5 nitrogen and oxygen atoms in total. The standard InChI is InChI=1S/C15H24N2O3/c1-3-19-9-10-20-11-13-5-4-6-14(12(13)2)17-15(18)7-8-16/h4-6H,3,7-11,16H2,1-2H3,(H,17,18). The van der Waals surface area contributed by atoms with Crippen molar-refractivity contribution >= 4 is 11.6 Å². The summed E-state index contributed by atoms with van der Waals surface area (Å²) in [6.07, 6.45) is 0.328. The third-order valence-electron chi connectivity index (χ3n) is 2.93. The molecule has 0 fully saturated rings. The van der Waals surface area contributed by atoms with Crippen LogP contribution in [0.3, 0.4) is 0 Å². The fourth-order valence-corrected chi connectivity index (χ4v) is 1.76. The second-order valence-corrected chi connectivity index (χ2v) is 4.43. The van der Waals surface area contributed by atoms with Gasteiger partial charge >= 0.3 is 0 Å². The number of nitrogens with two attached hydrogens (primary N) is 1. The van der Waals surface area contributed by atoms with Gasteiger partial charge in [0, 0.05) is 25.3 Å². The molecule has 0 aliphatic rings. The first kappa shape index (κ1) is 16.6. The lowest BCUT2D eigenvalue weighted by molar-refractivity contribution is -0.116. The second-order valence-electron chi connectivity index (χ2n) is 4.43. The number of amides is 1. The van der Waals surface area contributed by atoms with Crippen LogP contribution >= 0.6 is 0 Å². The lowest BCUT2D eigenvalue weighted by Crippen LogP contribution is -2.17. The Morgan fingerprint density at radius 2 is 2.05 bits per heavy atom. The minimum atomic E-state index is -0.0648. The summed E-state index contributed by atoms with van der Waals surface area (Å²) < 4.78 is 10.8. The molecule has 5 heteroatoms. The zero-order chi connectivity index (χ0) is 14.8. The molecule has 0 atom stereocenters. The summed E-state index contributed by atoms with van der Waals surface area (Å²) in [6.45, 7) is 6.66. The van der Waals surface area contributed by atoms with Gasteiger partial charge in [-0.25, -0.2) is 0 Å². The van der Waals surface area contributed by atoms with Crippen molar-refractivity contribution in [1.29, 1.82) is 0 Å². The average Bonchev–Trinajstić information content (AvgIpc) is 2.42. The third kappa shape index (κ3) is 5.69. The number of anilines is 1. The predicted molar refractivity (Wildman–Crippen MR) is 79.6 cm³/mol. The van der Waals surface area contributed by atoms with Crippen LogP contribution < -0.4 is 11.1 Å². The van der Waals surface area contributed by atoms with E-state index in [1.54, 1.807) is 0 Å². The predicted octanol–water partition coefficient (Wildman–Crippen LogP) is 1.84. The van der Waals surface area contributed by atoms with E-state index in [2.05, 4.69) is 5.32 Å². The smallest absolute Gasteiger partial charge is 0.225 e. The number of benzene rings is 1. The SMILES string of the molecule is CCOCCOCc1cccc(NC(=O)CCN)c1C. The Hall–Kier alpha value is -1.43. The molecule has 0 heterocycles. The van der Waals surface area contributed by atoms with Crippen molar-refractivity contribution in [3.05, 3.63) is 29.3 Å². The molecule has 0 spiro atoms. The van der Waals surface area contributed by atoms with E-state index in [1.807, 2.05) is 32.0 Å². The van der Waals surface area contributed by atoms with Crippen molar-refractivity contribution in [1.82, 2.24) is 0 Å². The number of carbonyl (C=O) groups is 1. The summed E-state index contributed by atoms with van der Waals surface area (Å²) in [5.41, 5.74) is 8.26. The maximum absolute atomic E-state index is 11.6. The molecule has 112 valence electrons. The van der Waals surface area contributed by atoms with Gasteiger partial charge in [0.2, 0.25) is 5.91 Å². The van der Waals surface area contributed by atoms with Crippen LogP contribution in [0.4, 0.5) is 5.69 Å². The molecule has 0 saturated heterocycles. The number of hydrogen-bond acceptors (Lipinski definition) is 4. The van der Waals surface area contributed by atoms with E-state index in [1.165, 1.54) is 0 Å². The Labute approximate surface area is 120 Å². The van der Waals surface area contributed by atoms with Gasteiger partial charge < -0.3 is 20.5 Å². The average molecular weight is 280 g/mol. The molecule has 0 radical (unpaired) electrons. The normalized spacial score (nSPS) is 10.6. The van der Waals surface area contributed by atoms with Gasteiger partial charge in [-0.2, -0.15) is 0 Å². The van der Waals surface area contributed by atoms with Gasteiger partial charge in [-0.05, 0) is 31.0 Å². The highest BCUT2D eigenvalue weighted by Crippen LogP contribution is 2.19. The molecule has 0 aliphatic heterocycles. The molecule has 1 rings (SSSR count). The van der Waals surface area contributed by atoms with E-state index in [4.69, 9.17) is 15.2 Å². The monoisotopic (exact) mass is 280 g/mol. The molecule has 3 N–H and O–H groups in total. The number of hydrogen-bond donors (Lipinski definition) is 2. The van der Waals surface area contributed by atoms with E-state index >= 15 is 0 Å². The van der Waals surface area contributed by atoms with Crippen molar-refractivity contribution in [3.8, 4) is 0 Å². The molecule has 0 aromatic heterocycles. The zero-order valence-corrected chi connectivity index (χ0v) is 12.3. The maximum atomic E-state index is 11.6. The summed E-state index contributed by atoms with van der Waals surface area (Å²) in [5, 5.41) is 2.86. The minimum Gasteiger partial charge on any atom is -0.379 e. The van der Waals surface area contributed by atoms with Crippen LogP contribution in [0, 0.1) is 6.92 Å². The Kier molecular flexibility index (Phi) is 7.87. The number of rotatable bonds is 9. The van der Waals surface area contributed by atoms with Crippen molar-refractivity contribution in [2.75, 3.05) is 31.7 Å². The van der Waals surface area contributed by atoms with Crippen molar-refractivity contribution in [3.63, 3.8) is 0 Å². The van der Waals surface area contributed by atoms with Crippen LogP contribution in [0.2, 0.25) is 0 Å². The van der Waals surface area contributed by atoms with Gasteiger partial charge in [-0.3, -0.25) is 4.79 Å². The van der Waals surface area contributed by atoms with E-state index in [9.17, 15) is 4.79 Å². The number of ether oxygens (including phenoxy) is 2. The highest BCUT2D eigenvalue weighted by atomic mass is 16.5. The molecule has 1 amide bonds. The summed E-state index contributed by atoms with van der Waals surface area (Å²) in [6, 6.07) is 5.79. The summed E-state index contributed by atoms with van der Waals surface area (Å²) in [7, 11) is 0. The minimum absolute atomic E-state index is 0.0648. The third-order valence-corrected chi connectivity index (χ3v) is 2.93. The van der Waals surface area contributed by atoms with Crippen LogP contribution in [0.15, 0.2) is 18.2 Å². The fraction of sp³-hybridized carbons (Fsp3) is 0.533. The van der Waals surface area contributed by atoms with Gasteiger partial charge in [0.05, 0.1) is 19.8 Å². The highest BCUT2D eigenvalue weighted by molar-refractivity contribution is 5.91. The van der Waals surface area contributed by atoms with Gasteiger partial charge in [0.15, 0.2) is 0 Å². The molecule has 0 bridgehead atoms. The van der Waals surface area contributed by atoms with Gasteiger partial charge in [0.25, 0.3) is 0 Å². The number of carbonyl (C=O) groups excluding carboxylic acids is 1. The summed E-state index contributed by atoms with van der Waals surface area (Å²) in [5.74, 6) is -0.0648. The lowest BCUT2D eigenvalue weighted by Gasteiger charge is -2.12.